The molecule has 0 aromatic carbocycles. The van der Waals surface area contributed by atoms with Gasteiger partial charge in [0.25, 0.3) is 0 Å². The molecule has 0 spiro atoms. The van der Waals surface area contributed by atoms with E-state index in [1.54, 1.807) is 7.05 Å². The largest absolute Gasteiger partial charge is 0.335 e. The minimum absolute atomic E-state index is 0.0468. The molecule has 1 aliphatic rings. The predicted molar refractivity (Wildman–Crippen MR) is 52.4 cm³/mol. The third-order valence-corrected chi connectivity index (χ3v) is 2.18. The molecule has 0 bridgehead atoms. The van der Waals surface area contributed by atoms with Crippen molar-refractivity contribution in [2.45, 2.75) is 0 Å². The van der Waals surface area contributed by atoms with Gasteiger partial charge in [0.05, 0.1) is 6.54 Å². The van der Waals surface area contributed by atoms with E-state index in [9.17, 15) is 9.59 Å². The smallest absolute Gasteiger partial charge is 0.242 e. The average Bonchev–Trinajstić information content (AvgIpc) is 2.14. The van der Waals surface area contributed by atoms with Gasteiger partial charge in [-0.25, -0.2) is 0 Å². The molecule has 0 saturated carbocycles. The second kappa shape index (κ2) is 4.23. The highest BCUT2D eigenvalue weighted by Crippen LogP contribution is 2.04. The van der Waals surface area contributed by atoms with E-state index in [-0.39, 0.29) is 24.9 Å². The summed E-state index contributed by atoms with van der Waals surface area (Å²) < 4.78 is 0. The molecule has 14 heavy (non-hydrogen) atoms. The Kier molecular flexibility index (Phi) is 3.24. The molecule has 0 aromatic heterocycles. The van der Waals surface area contributed by atoms with Gasteiger partial charge in [-0.2, -0.15) is 0 Å². The summed E-state index contributed by atoms with van der Waals surface area (Å²) in [4.78, 5) is 25.6. The van der Waals surface area contributed by atoms with Crippen molar-refractivity contribution in [1.29, 1.82) is 0 Å². The highest BCUT2D eigenvalue weighted by Gasteiger charge is 2.27. The molecule has 0 radical (unpaired) electrons. The van der Waals surface area contributed by atoms with Crippen molar-refractivity contribution in [2.75, 3.05) is 33.2 Å². The topological polar surface area (TPSA) is 66.6 Å². The Hall–Kier alpha value is -1.36. The molecule has 0 aliphatic carbocycles. The maximum atomic E-state index is 11.5. The molecular weight excluding hydrogens is 182 g/mol. The summed E-state index contributed by atoms with van der Waals surface area (Å²) in [7, 11) is 1.62. The lowest BCUT2D eigenvalue weighted by molar-refractivity contribution is -0.148. The first-order valence-corrected chi connectivity index (χ1v) is 4.43. The van der Waals surface area contributed by atoms with Crippen molar-refractivity contribution in [2.24, 2.45) is 5.73 Å². The molecule has 0 unspecified atom stereocenters. The summed E-state index contributed by atoms with van der Waals surface area (Å²) in [5, 5.41) is 0. The van der Waals surface area contributed by atoms with Gasteiger partial charge in [-0.1, -0.05) is 6.58 Å². The normalized spacial score (nSPS) is 17.6. The number of rotatable bonds is 3. The lowest BCUT2D eigenvalue weighted by Crippen LogP contribution is -2.52. The van der Waals surface area contributed by atoms with Gasteiger partial charge in [0.2, 0.25) is 11.8 Å². The Balaban J connectivity index is 2.57. The number of nitrogens with two attached hydrogens (primary N) is 1. The Morgan fingerprint density at radius 3 is 2.64 bits per heavy atom. The van der Waals surface area contributed by atoms with Crippen molar-refractivity contribution in [3.8, 4) is 0 Å². The maximum absolute atomic E-state index is 11.5. The van der Waals surface area contributed by atoms with Crippen LogP contribution < -0.4 is 5.73 Å². The standard InChI is InChI=1S/C9H15N3O2/c1-7(3-10)4-12-6-8(13)11(2)5-9(12)14/h1,3-6,10H2,2H3. The molecule has 0 aromatic rings. The van der Waals surface area contributed by atoms with Gasteiger partial charge in [-0.05, 0) is 5.57 Å². The van der Waals surface area contributed by atoms with Crippen molar-refractivity contribution in [3.63, 3.8) is 0 Å². The van der Waals surface area contributed by atoms with Crippen LogP contribution in [0.15, 0.2) is 12.2 Å². The molecule has 5 nitrogen and oxygen atoms in total. The fourth-order valence-electron chi connectivity index (χ4n) is 1.24. The number of nitrogens with zero attached hydrogens (tertiary/aromatic N) is 2. The van der Waals surface area contributed by atoms with Crippen LogP contribution in [0.2, 0.25) is 0 Å². The number of likely N-dealkylation sites (N-methyl/N-ethyl adjacent to an activating group) is 1. The number of piperazine rings is 1. The Morgan fingerprint density at radius 1 is 1.43 bits per heavy atom. The van der Waals surface area contributed by atoms with Gasteiger partial charge in [0.1, 0.15) is 6.54 Å². The van der Waals surface area contributed by atoms with Crippen LogP contribution >= 0.6 is 0 Å². The average molecular weight is 197 g/mol. The van der Waals surface area contributed by atoms with E-state index in [0.717, 1.165) is 5.57 Å². The van der Waals surface area contributed by atoms with Crippen molar-refractivity contribution in [1.82, 2.24) is 9.80 Å². The van der Waals surface area contributed by atoms with Crippen LogP contribution in [-0.4, -0.2) is 54.8 Å². The first-order chi connectivity index (χ1) is 6.54. The molecule has 1 fully saturated rings. The molecule has 5 heteroatoms. The van der Waals surface area contributed by atoms with Crippen molar-refractivity contribution < 1.29 is 9.59 Å². The Morgan fingerprint density at radius 2 is 2.07 bits per heavy atom. The Bertz CT molecular complexity index is 273. The number of hydrogen-bond acceptors (Lipinski definition) is 3. The summed E-state index contributed by atoms with van der Waals surface area (Å²) >= 11 is 0. The van der Waals surface area contributed by atoms with E-state index in [1.807, 2.05) is 0 Å². The molecule has 1 saturated heterocycles. The van der Waals surface area contributed by atoms with E-state index in [2.05, 4.69) is 6.58 Å². The monoisotopic (exact) mass is 197 g/mol. The number of carbonyl (C=O) groups excluding carboxylic acids is 2. The fourth-order valence-corrected chi connectivity index (χ4v) is 1.24. The van der Waals surface area contributed by atoms with Crippen molar-refractivity contribution in [3.05, 3.63) is 12.2 Å². The first-order valence-electron chi connectivity index (χ1n) is 4.43. The summed E-state index contributed by atoms with van der Waals surface area (Å²) in [5.74, 6) is -0.101. The number of hydrogen-bond donors (Lipinski definition) is 1. The van der Waals surface area contributed by atoms with Crippen LogP contribution in [0.1, 0.15) is 0 Å². The molecule has 2 N–H and O–H groups in total. The zero-order chi connectivity index (χ0) is 10.7. The quantitative estimate of drug-likeness (QED) is 0.578. The van der Waals surface area contributed by atoms with E-state index in [1.165, 1.54) is 9.80 Å². The summed E-state index contributed by atoms with van der Waals surface area (Å²) in [5.41, 5.74) is 6.12. The molecule has 1 heterocycles. The predicted octanol–water partition coefficient (Wildman–Crippen LogP) is -1.20. The van der Waals surface area contributed by atoms with Crippen LogP contribution in [0, 0.1) is 0 Å². The van der Waals surface area contributed by atoms with Gasteiger partial charge in [0, 0.05) is 20.1 Å². The Labute approximate surface area is 83.1 Å². The minimum Gasteiger partial charge on any atom is -0.335 e. The highest BCUT2D eigenvalue weighted by atomic mass is 16.2. The van der Waals surface area contributed by atoms with Crippen LogP contribution in [0.25, 0.3) is 0 Å². The zero-order valence-corrected chi connectivity index (χ0v) is 8.32. The minimum atomic E-state index is -0.0540. The molecule has 78 valence electrons. The highest BCUT2D eigenvalue weighted by molar-refractivity contribution is 5.92. The van der Waals surface area contributed by atoms with Gasteiger partial charge in [-0.15, -0.1) is 0 Å². The van der Waals surface area contributed by atoms with E-state index >= 15 is 0 Å². The van der Waals surface area contributed by atoms with Crippen LogP contribution in [0.5, 0.6) is 0 Å². The lowest BCUT2D eigenvalue weighted by atomic mass is 10.2. The van der Waals surface area contributed by atoms with E-state index in [4.69, 9.17) is 5.73 Å². The van der Waals surface area contributed by atoms with Gasteiger partial charge < -0.3 is 15.5 Å². The molecule has 1 aliphatic heterocycles. The zero-order valence-electron chi connectivity index (χ0n) is 8.32. The third kappa shape index (κ3) is 2.32. The summed E-state index contributed by atoms with van der Waals surface area (Å²) in [6.45, 7) is 4.71. The molecule has 2 amide bonds. The molecular formula is C9H15N3O2. The summed E-state index contributed by atoms with van der Waals surface area (Å²) in [6, 6.07) is 0. The summed E-state index contributed by atoms with van der Waals surface area (Å²) in [6.07, 6.45) is 0. The SMILES string of the molecule is C=C(CN)CN1CC(=O)N(C)CC1=O. The lowest BCUT2D eigenvalue weighted by Gasteiger charge is -2.31. The molecule has 1 rings (SSSR count). The van der Waals surface area contributed by atoms with Gasteiger partial charge in [0.15, 0.2) is 0 Å². The van der Waals surface area contributed by atoms with Gasteiger partial charge in [-0.3, -0.25) is 9.59 Å². The maximum Gasteiger partial charge on any atom is 0.242 e. The number of amides is 2. The van der Waals surface area contributed by atoms with Crippen LogP contribution in [0.3, 0.4) is 0 Å². The van der Waals surface area contributed by atoms with Crippen LogP contribution in [-0.2, 0) is 9.59 Å². The molecule has 0 atom stereocenters. The van der Waals surface area contributed by atoms with Crippen LogP contribution in [0.4, 0.5) is 0 Å². The van der Waals surface area contributed by atoms with E-state index < -0.39 is 0 Å². The first kappa shape index (κ1) is 10.7. The van der Waals surface area contributed by atoms with Crippen molar-refractivity contribution >= 4 is 11.8 Å². The fraction of sp³-hybridized carbons (Fsp3) is 0.556. The second-order valence-corrected chi connectivity index (χ2v) is 3.45. The van der Waals surface area contributed by atoms with Gasteiger partial charge >= 0.3 is 0 Å². The van der Waals surface area contributed by atoms with E-state index in [0.29, 0.717) is 13.1 Å². The third-order valence-electron chi connectivity index (χ3n) is 2.18. The second-order valence-electron chi connectivity index (χ2n) is 3.45. The number of carbonyl (C=O) groups is 2.